The zero-order chi connectivity index (χ0) is 17.9. The summed E-state index contributed by atoms with van der Waals surface area (Å²) in [4.78, 5) is 38.5. The summed E-state index contributed by atoms with van der Waals surface area (Å²) in [5.74, 6) is 1.16. The summed E-state index contributed by atoms with van der Waals surface area (Å²) in [6.07, 6.45) is 3.13. The van der Waals surface area contributed by atoms with Gasteiger partial charge in [0.05, 0.1) is 5.56 Å². The molecule has 1 saturated heterocycles. The zero-order valence-electron chi connectivity index (χ0n) is 14.9. The second kappa shape index (κ2) is 5.44. The molecule has 3 aliphatic rings. The van der Waals surface area contributed by atoms with Crippen LogP contribution >= 0.6 is 0 Å². The number of hydrogen-bond donors (Lipinski definition) is 1. The molecule has 1 aromatic heterocycles. The lowest BCUT2D eigenvalue weighted by Gasteiger charge is -2.43. The molecular weight excluding hydrogens is 320 g/mol. The number of furan rings is 1. The minimum atomic E-state index is -0.393. The van der Waals surface area contributed by atoms with E-state index in [9.17, 15) is 14.4 Å². The molecule has 6 heteroatoms. The van der Waals surface area contributed by atoms with Crippen molar-refractivity contribution in [3.05, 3.63) is 23.2 Å². The molecule has 0 spiro atoms. The van der Waals surface area contributed by atoms with Gasteiger partial charge in [-0.15, -0.1) is 0 Å². The monoisotopic (exact) mass is 344 g/mol. The maximum atomic E-state index is 12.9. The Kier molecular flexibility index (Phi) is 3.56. The largest absolute Gasteiger partial charge is 0.455 e. The van der Waals surface area contributed by atoms with Crippen molar-refractivity contribution >= 4 is 17.6 Å². The molecule has 4 rings (SSSR count). The number of nitrogens with zero attached hydrogens (tertiary/aromatic N) is 1. The van der Waals surface area contributed by atoms with Crippen LogP contribution in [0.15, 0.2) is 10.5 Å². The average Bonchev–Trinajstić information content (AvgIpc) is 3.10. The van der Waals surface area contributed by atoms with Gasteiger partial charge < -0.3 is 14.6 Å². The van der Waals surface area contributed by atoms with Crippen molar-refractivity contribution in [1.82, 2.24) is 10.2 Å². The highest BCUT2D eigenvalue weighted by Gasteiger charge is 2.51. The number of rotatable bonds is 2. The van der Waals surface area contributed by atoms with E-state index >= 15 is 0 Å². The number of Topliss-reactive ketones (excluding diaryl/α,β-unsaturated/α-hetero) is 1. The summed E-state index contributed by atoms with van der Waals surface area (Å²) in [6.45, 7) is 6.08. The van der Waals surface area contributed by atoms with E-state index in [1.807, 2.05) is 18.7 Å². The summed E-state index contributed by atoms with van der Waals surface area (Å²) >= 11 is 0. The molecular formula is C19H24N2O4. The van der Waals surface area contributed by atoms with E-state index in [0.717, 1.165) is 19.3 Å². The molecule has 1 aromatic rings. The highest BCUT2D eigenvalue weighted by Crippen LogP contribution is 2.42. The number of likely N-dealkylation sites (tertiary alicyclic amines) is 1. The fourth-order valence-electron chi connectivity index (χ4n) is 4.52. The van der Waals surface area contributed by atoms with E-state index in [4.69, 9.17) is 4.42 Å². The molecule has 2 amide bonds. The minimum Gasteiger partial charge on any atom is -0.455 e. The highest BCUT2D eigenvalue weighted by molar-refractivity contribution is 6.04. The van der Waals surface area contributed by atoms with Crippen LogP contribution in [0.25, 0.3) is 0 Å². The Labute approximate surface area is 146 Å². The van der Waals surface area contributed by atoms with E-state index in [1.165, 1.54) is 6.92 Å². The molecule has 1 saturated carbocycles. The number of carbonyl (C=O) groups is 3. The topological polar surface area (TPSA) is 79.6 Å². The van der Waals surface area contributed by atoms with E-state index in [2.05, 4.69) is 5.32 Å². The van der Waals surface area contributed by atoms with Crippen LogP contribution in [0.3, 0.4) is 0 Å². The number of ketones is 1. The van der Waals surface area contributed by atoms with Crippen LogP contribution in [-0.4, -0.2) is 41.1 Å². The van der Waals surface area contributed by atoms with Crippen molar-refractivity contribution < 1.29 is 18.8 Å². The fourth-order valence-corrected chi connectivity index (χ4v) is 4.52. The maximum Gasteiger partial charge on any atom is 0.289 e. The first kappa shape index (κ1) is 16.4. The van der Waals surface area contributed by atoms with Crippen LogP contribution in [0.4, 0.5) is 0 Å². The Morgan fingerprint density at radius 3 is 2.84 bits per heavy atom. The second-order valence-electron chi connectivity index (χ2n) is 8.22. The van der Waals surface area contributed by atoms with Crippen molar-refractivity contribution in [2.24, 2.45) is 11.3 Å². The van der Waals surface area contributed by atoms with Gasteiger partial charge in [0.2, 0.25) is 5.91 Å². The molecule has 2 aliphatic carbocycles. The maximum absolute atomic E-state index is 12.9. The van der Waals surface area contributed by atoms with Gasteiger partial charge in [0.1, 0.15) is 5.76 Å². The lowest BCUT2D eigenvalue weighted by atomic mass is 9.75. The number of nitrogens with one attached hydrogen (secondary N) is 1. The van der Waals surface area contributed by atoms with Crippen LogP contribution in [0.5, 0.6) is 0 Å². The summed E-state index contributed by atoms with van der Waals surface area (Å²) in [6, 6.07) is 1.98. The summed E-state index contributed by atoms with van der Waals surface area (Å²) in [5.41, 5.74) is 0.176. The van der Waals surface area contributed by atoms with E-state index in [1.54, 1.807) is 6.07 Å². The lowest BCUT2D eigenvalue weighted by molar-refractivity contribution is -0.121. The van der Waals surface area contributed by atoms with Crippen LogP contribution < -0.4 is 5.32 Å². The predicted octanol–water partition coefficient (Wildman–Crippen LogP) is 2.17. The second-order valence-corrected chi connectivity index (χ2v) is 8.22. The third kappa shape index (κ3) is 2.50. The van der Waals surface area contributed by atoms with Crippen LogP contribution in [-0.2, 0) is 11.2 Å². The average molecular weight is 344 g/mol. The molecule has 3 atom stereocenters. The quantitative estimate of drug-likeness (QED) is 0.892. The van der Waals surface area contributed by atoms with Crippen LogP contribution in [0.2, 0.25) is 0 Å². The molecule has 134 valence electrons. The molecule has 0 aromatic carbocycles. The number of amides is 2. The van der Waals surface area contributed by atoms with Gasteiger partial charge in [0.15, 0.2) is 11.5 Å². The van der Waals surface area contributed by atoms with Gasteiger partial charge in [-0.25, -0.2) is 0 Å². The van der Waals surface area contributed by atoms with Gasteiger partial charge in [-0.1, -0.05) is 13.8 Å². The van der Waals surface area contributed by atoms with Crippen molar-refractivity contribution in [2.75, 3.05) is 6.54 Å². The predicted molar refractivity (Wildman–Crippen MR) is 90.3 cm³/mol. The number of aryl methyl sites for hydroxylation is 1. The van der Waals surface area contributed by atoms with Gasteiger partial charge >= 0.3 is 0 Å². The zero-order valence-corrected chi connectivity index (χ0v) is 14.9. The number of hydrogen-bond acceptors (Lipinski definition) is 4. The van der Waals surface area contributed by atoms with Crippen molar-refractivity contribution in [1.29, 1.82) is 0 Å². The first-order valence-corrected chi connectivity index (χ1v) is 9.03. The molecule has 2 fully saturated rings. The molecule has 0 radical (unpaired) electrons. The molecule has 25 heavy (non-hydrogen) atoms. The van der Waals surface area contributed by atoms with Crippen molar-refractivity contribution in [2.45, 2.75) is 58.5 Å². The van der Waals surface area contributed by atoms with Gasteiger partial charge in [0, 0.05) is 49.4 Å². The lowest BCUT2D eigenvalue weighted by Crippen LogP contribution is -2.57. The van der Waals surface area contributed by atoms with Gasteiger partial charge in [-0.2, -0.15) is 0 Å². The first-order chi connectivity index (χ1) is 11.8. The standard InChI is InChI=1S/C19H24N2O4/c1-10(22)20-13-9-14-11(13)5-7-21(14)18(24)16-8-12-15(25-16)4-6-19(2,3)17(12)23/h8,11,13-14H,4-7,9H2,1-3H3,(H,20,22)/t11-,13-,14+/m1/s1. The molecule has 0 bridgehead atoms. The van der Waals surface area contributed by atoms with Crippen molar-refractivity contribution in [3.63, 3.8) is 0 Å². The van der Waals surface area contributed by atoms with Gasteiger partial charge in [-0.3, -0.25) is 14.4 Å². The fraction of sp³-hybridized carbons (Fsp3) is 0.632. The molecule has 1 N–H and O–H groups in total. The van der Waals surface area contributed by atoms with Crippen molar-refractivity contribution in [3.8, 4) is 0 Å². The third-order valence-electron chi connectivity index (χ3n) is 6.12. The van der Waals surface area contributed by atoms with E-state index in [-0.39, 0.29) is 35.4 Å². The smallest absolute Gasteiger partial charge is 0.289 e. The Hall–Kier alpha value is -2.11. The van der Waals surface area contributed by atoms with Gasteiger partial charge in [-0.05, 0) is 19.3 Å². The first-order valence-electron chi connectivity index (χ1n) is 9.03. The molecule has 0 unspecified atom stereocenters. The summed E-state index contributed by atoms with van der Waals surface area (Å²) in [7, 11) is 0. The summed E-state index contributed by atoms with van der Waals surface area (Å²) in [5, 5.41) is 2.96. The number of fused-ring (bicyclic) bond motifs is 2. The Morgan fingerprint density at radius 2 is 2.12 bits per heavy atom. The van der Waals surface area contributed by atoms with Gasteiger partial charge in [0.25, 0.3) is 5.91 Å². The third-order valence-corrected chi connectivity index (χ3v) is 6.12. The van der Waals surface area contributed by atoms with Crippen LogP contribution in [0, 0.1) is 11.3 Å². The van der Waals surface area contributed by atoms with E-state index in [0.29, 0.717) is 30.2 Å². The Morgan fingerprint density at radius 1 is 1.36 bits per heavy atom. The van der Waals surface area contributed by atoms with E-state index < -0.39 is 5.41 Å². The normalized spacial score (nSPS) is 29.6. The molecule has 1 aliphatic heterocycles. The Balaban J connectivity index is 1.50. The molecule has 2 heterocycles. The highest BCUT2D eigenvalue weighted by atomic mass is 16.4. The molecule has 6 nitrogen and oxygen atoms in total. The number of carbonyl (C=O) groups excluding carboxylic acids is 3. The van der Waals surface area contributed by atoms with Crippen LogP contribution in [0.1, 0.15) is 66.7 Å². The SMILES string of the molecule is CC(=O)N[C@@H]1C[C@H]2[C@@H]1CCN2C(=O)c1cc2c(o1)CCC(C)(C)C2=O. The minimum absolute atomic E-state index is 0.0203. The Bertz CT molecular complexity index is 763. The summed E-state index contributed by atoms with van der Waals surface area (Å²) < 4.78 is 5.76.